The third-order valence-corrected chi connectivity index (χ3v) is 6.05. The van der Waals surface area contributed by atoms with Crippen molar-refractivity contribution in [2.24, 2.45) is 4.99 Å². The Morgan fingerprint density at radius 1 is 1.37 bits per heavy atom. The number of hydrogen-bond donors (Lipinski definition) is 1. The lowest BCUT2D eigenvalue weighted by Gasteiger charge is -2.38. The normalized spacial score (nSPS) is 17.3. The Morgan fingerprint density at radius 2 is 2.04 bits per heavy atom. The van der Waals surface area contributed by atoms with Crippen LogP contribution in [-0.2, 0) is 0 Å². The molecule has 0 atom stereocenters. The van der Waals surface area contributed by atoms with Crippen LogP contribution in [0.4, 0.5) is 5.69 Å². The highest BCUT2D eigenvalue weighted by Crippen LogP contribution is 2.35. The van der Waals surface area contributed by atoms with Crippen LogP contribution in [-0.4, -0.2) is 71.2 Å². The molecule has 1 N–H and O–H groups in total. The first-order chi connectivity index (χ1) is 12.9. The Bertz CT molecular complexity index is 814. The minimum atomic E-state index is -0.706. The van der Waals surface area contributed by atoms with Crippen LogP contribution in [0.1, 0.15) is 22.5 Å². The minimum absolute atomic E-state index is 0.496. The summed E-state index contributed by atoms with van der Waals surface area (Å²) in [6, 6.07) is 7.75. The van der Waals surface area contributed by atoms with E-state index in [0.29, 0.717) is 22.8 Å². The van der Waals surface area contributed by atoms with E-state index in [9.17, 15) is 9.90 Å². The van der Waals surface area contributed by atoms with Gasteiger partial charge in [0.1, 0.15) is 16.3 Å². The number of aromatic nitrogens is 1. The van der Waals surface area contributed by atoms with E-state index in [2.05, 4.69) is 37.2 Å². The molecule has 1 aromatic carbocycles. The molecule has 1 fully saturated rings. The number of nitrogens with zero attached hydrogens (tertiary/aromatic N) is 4. The van der Waals surface area contributed by atoms with Gasteiger partial charge in [0.15, 0.2) is 6.29 Å². The number of likely N-dealkylation sites (tertiary alicyclic amines) is 1. The Labute approximate surface area is 171 Å². The summed E-state index contributed by atoms with van der Waals surface area (Å²) in [5.41, 5.74) is 1.46. The van der Waals surface area contributed by atoms with Crippen molar-refractivity contribution < 1.29 is 9.90 Å². The number of rotatable bonds is 6. The zero-order valence-corrected chi connectivity index (χ0v) is 17.8. The van der Waals surface area contributed by atoms with E-state index >= 15 is 0 Å². The van der Waals surface area contributed by atoms with Crippen LogP contribution in [0.5, 0.6) is 0 Å². The van der Waals surface area contributed by atoms with Gasteiger partial charge in [0.2, 0.25) is 0 Å². The van der Waals surface area contributed by atoms with Crippen LogP contribution in [0, 0.1) is 0 Å². The maximum absolute atomic E-state index is 11.4. The van der Waals surface area contributed by atoms with E-state index in [-0.39, 0.29) is 0 Å². The van der Waals surface area contributed by atoms with E-state index in [4.69, 9.17) is 0 Å². The maximum Gasteiger partial charge on any atom is 0.163 e. The molecule has 2 aromatic rings. The molecule has 1 aliphatic rings. The highest BCUT2D eigenvalue weighted by atomic mass is 79.9. The van der Waals surface area contributed by atoms with Gasteiger partial charge in [-0.05, 0) is 43.6 Å². The standard InChI is InChI=1S/C19H23BrN4O2S/c1-23-9-7-19(26,8-10-23)12-24(2)13-21-18-16(11-25)27-22-17(18)14-3-5-15(20)6-4-14/h3-6,11,13,26H,7-10,12H2,1-2H3. The molecular weight excluding hydrogens is 428 g/mol. The maximum atomic E-state index is 11.4. The van der Waals surface area contributed by atoms with Crippen molar-refractivity contribution in [1.82, 2.24) is 14.2 Å². The summed E-state index contributed by atoms with van der Waals surface area (Å²) in [6.07, 6.45) is 3.95. The Balaban J connectivity index is 1.77. The molecule has 2 heterocycles. The summed E-state index contributed by atoms with van der Waals surface area (Å²) in [7, 11) is 3.96. The number of aliphatic imine (C=N–C) groups is 1. The fourth-order valence-corrected chi connectivity index (χ4v) is 4.08. The van der Waals surface area contributed by atoms with E-state index in [0.717, 1.165) is 53.8 Å². The number of halogens is 1. The molecule has 27 heavy (non-hydrogen) atoms. The third-order valence-electron chi connectivity index (χ3n) is 4.76. The van der Waals surface area contributed by atoms with Gasteiger partial charge in [0.25, 0.3) is 0 Å². The number of aliphatic hydroxyl groups is 1. The molecule has 0 aliphatic carbocycles. The number of benzene rings is 1. The van der Waals surface area contributed by atoms with Crippen molar-refractivity contribution in [3.63, 3.8) is 0 Å². The summed E-state index contributed by atoms with van der Waals surface area (Å²) < 4.78 is 5.39. The Kier molecular flexibility index (Phi) is 6.41. The zero-order valence-electron chi connectivity index (χ0n) is 15.4. The second kappa shape index (κ2) is 8.60. The molecule has 1 aliphatic heterocycles. The lowest BCUT2D eigenvalue weighted by Crippen LogP contribution is -2.49. The fourth-order valence-electron chi connectivity index (χ4n) is 3.15. The molecular formula is C19H23BrN4O2S. The summed E-state index contributed by atoms with van der Waals surface area (Å²) in [4.78, 5) is 20.5. The number of hydrogen-bond acceptors (Lipinski definition) is 6. The molecule has 144 valence electrons. The summed E-state index contributed by atoms with van der Waals surface area (Å²) in [6.45, 7) is 2.28. The summed E-state index contributed by atoms with van der Waals surface area (Å²) >= 11 is 4.57. The average Bonchev–Trinajstić information content (AvgIpc) is 3.06. The van der Waals surface area contributed by atoms with E-state index in [1.807, 2.05) is 36.2 Å². The fraction of sp³-hybridized carbons (Fsp3) is 0.421. The largest absolute Gasteiger partial charge is 0.388 e. The van der Waals surface area contributed by atoms with Crippen molar-refractivity contribution in [2.45, 2.75) is 18.4 Å². The van der Waals surface area contributed by atoms with Gasteiger partial charge in [-0.25, -0.2) is 4.99 Å². The monoisotopic (exact) mass is 450 g/mol. The van der Waals surface area contributed by atoms with E-state index in [1.54, 1.807) is 6.34 Å². The number of piperidine rings is 1. The van der Waals surface area contributed by atoms with Crippen LogP contribution in [0.15, 0.2) is 33.7 Å². The zero-order chi connectivity index (χ0) is 19.4. The van der Waals surface area contributed by atoms with Crippen molar-refractivity contribution >= 4 is 45.8 Å². The quantitative estimate of drug-likeness (QED) is 0.414. The van der Waals surface area contributed by atoms with Gasteiger partial charge in [-0.3, -0.25) is 4.79 Å². The lowest BCUT2D eigenvalue weighted by atomic mass is 9.91. The molecule has 0 saturated carbocycles. The van der Waals surface area contributed by atoms with E-state index in [1.165, 1.54) is 0 Å². The third kappa shape index (κ3) is 5.01. The first kappa shape index (κ1) is 20.1. The van der Waals surface area contributed by atoms with Gasteiger partial charge < -0.3 is 14.9 Å². The van der Waals surface area contributed by atoms with Crippen molar-refractivity contribution in [3.05, 3.63) is 33.6 Å². The van der Waals surface area contributed by atoms with Crippen LogP contribution < -0.4 is 0 Å². The van der Waals surface area contributed by atoms with Crippen LogP contribution >= 0.6 is 27.5 Å². The molecule has 0 unspecified atom stereocenters. The Hall–Kier alpha value is -1.61. The predicted octanol–water partition coefficient (Wildman–Crippen LogP) is 3.43. The first-order valence-electron chi connectivity index (χ1n) is 8.76. The molecule has 0 bridgehead atoms. The van der Waals surface area contributed by atoms with Gasteiger partial charge in [0, 0.05) is 36.7 Å². The van der Waals surface area contributed by atoms with Crippen molar-refractivity contribution in [3.8, 4) is 11.3 Å². The number of carbonyl (C=O) groups is 1. The Morgan fingerprint density at radius 3 is 2.67 bits per heavy atom. The number of aldehydes is 1. The lowest BCUT2D eigenvalue weighted by molar-refractivity contribution is -0.0260. The number of carbonyl (C=O) groups excluding carboxylic acids is 1. The molecule has 1 saturated heterocycles. The van der Waals surface area contributed by atoms with Gasteiger partial charge in [0.05, 0.1) is 11.9 Å². The second-order valence-electron chi connectivity index (χ2n) is 7.06. The first-order valence-corrected chi connectivity index (χ1v) is 10.3. The van der Waals surface area contributed by atoms with Gasteiger partial charge >= 0.3 is 0 Å². The summed E-state index contributed by atoms with van der Waals surface area (Å²) in [5, 5.41) is 10.8. The van der Waals surface area contributed by atoms with E-state index < -0.39 is 5.60 Å². The van der Waals surface area contributed by atoms with Crippen molar-refractivity contribution in [2.75, 3.05) is 33.7 Å². The van der Waals surface area contributed by atoms with Crippen LogP contribution in [0.2, 0.25) is 0 Å². The van der Waals surface area contributed by atoms with Crippen LogP contribution in [0.25, 0.3) is 11.3 Å². The van der Waals surface area contributed by atoms with Crippen LogP contribution in [0.3, 0.4) is 0 Å². The van der Waals surface area contributed by atoms with Gasteiger partial charge in [-0.2, -0.15) is 4.37 Å². The summed E-state index contributed by atoms with van der Waals surface area (Å²) in [5.74, 6) is 0. The number of likely N-dealkylation sites (N-methyl/N-ethyl adjacent to an activating group) is 1. The minimum Gasteiger partial charge on any atom is -0.388 e. The average molecular weight is 451 g/mol. The second-order valence-corrected chi connectivity index (χ2v) is 8.78. The van der Waals surface area contributed by atoms with Crippen molar-refractivity contribution in [1.29, 1.82) is 0 Å². The molecule has 0 spiro atoms. The van der Waals surface area contributed by atoms with Gasteiger partial charge in [-0.1, -0.05) is 28.1 Å². The molecule has 1 aromatic heterocycles. The molecule has 3 rings (SSSR count). The molecule has 6 nitrogen and oxygen atoms in total. The highest BCUT2D eigenvalue weighted by Gasteiger charge is 2.31. The SMILES string of the molecule is CN(C=Nc1c(-c2ccc(Br)cc2)nsc1C=O)CC1(O)CCN(C)CC1. The molecule has 0 amide bonds. The highest BCUT2D eigenvalue weighted by molar-refractivity contribution is 9.10. The van der Waals surface area contributed by atoms with Gasteiger partial charge in [-0.15, -0.1) is 0 Å². The molecule has 8 heteroatoms. The topological polar surface area (TPSA) is 69.0 Å². The smallest absolute Gasteiger partial charge is 0.163 e. The predicted molar refractivity (Wildman–Crippen MR) is 113 cm³/mol. The molecule has 0 radical (unpaired) electrons.